The summed E-state index contributed by atoms with van der Waals surface area (Å²) in [5.41, 5.74) is 4.05. The van der Waals surface area contributed by atoms with Crippen molar-refractivity contribution in [3.05, 3.63) is 58.9 Å². The van der Waals surface area contributed by atoms with E-state index in [0.29, 0.717) is 0 Å². The maximum Gasteiger partial charge on any atom is 0.141 e. The zero-order chi connectivity index (χ0) is 14.1. The first kappa shape index (κ1) is 13.0. The van der Waals surface area contributed by atoms with E-state index < -0.39 is 0 Å². The van der Waals surface area contributed by atoms with Gasteiger partial charge in [0.15, 0.2) is 0 Å². The van der Waals surface area contributed by atoms with Gasteiger partial charge in [0.25, 0.3) is 0 Å². The highest BCUT2D eigenvalue weighted by atomic mass is 19.1. The highest BCUT2D eigenvalue weighted by Gasteiger charge is 2.25. The Balaban J connectivity index is 1.91. The fraction of sp³-hybridized carbons (Fsp3) is 0.294. The third-order valence-electron chi connectivity index (χ3n) is 3.90. The number of aryl methyl sites for hydroxylation is 1. The molecule has 0 heterocycles. The number of fused-ring (bicyclic) bond motifs is 1. The molecule has 1 unspecified atom stereocenters. The normalized spacial score (nSPS) is 16.9. The molecule has 1 aliphatic carbocycles. The summed E-state index contributed by atoms with van der Waals surface area (Å²) < 4.78 is 19.1. The zero-order valence-corrected chi connectivity index (χ0v) is 11.7. The van der Waals surface area contributed by atoms with Crippen molar-refractivity contribution < 1.29 is 9.13 Å². The molecule has 0 bridgehead atoms. The molecule has 1 aliphatic rings. The summed E-state index contributed by atoms with van der Waals surface area (Å²) in [6.07, 6.45) is 1.70. The fourth-order valence-corrected chi connectivity index (χ4v) is 2.88. The highest BCUT2D eigenvalue weighted by molar-refractivity contribution is 5.60. The summed E-state index contributed by atoms with van der Waals surface area (Å²) >= 11 is 0. The lowest BCUT2D eigenvalue weighted by atomic mass is 10.1. The standard InChI is InChI=1S/C17H18FNO/c1-11-6-9-17(20-2)16(10-11)19-15-8-7-12-13(15)4-3-5-14(12)18/h3-6,9-10,15,19H,7-8H2,1-2H3. The molecule has 1 N–H and O–H groups in total. The molecule has 0 aliphatic heterocycles. The molecule has 0 saturated carbocycles. The van der Waals surface area contributed by atoms with E-state index >= 15 is 0 Å². The lowest BCUT2D eigenvalue weighted by Crippen LogP contribution is -2.08. The maximum atomic E-state index is 13.8. The molecule has 0 radical (unpaired) electrons. The van der Waals surface area contributed by atoms with Crippen molar-refractivity contribution in [2.75, 3.05) is 12.4 Å². The topological polar surface area (TPSA) is 21.3 Å². The van der Waals surface area contributed by atoms with Crippen molar-refractivity contribution in [1.82, 2.24) is 0 Å². The minimum absolute atomic E-state index is 0.0944. The molecule has 3 heteroatoms. The van der Waals surface area contributed by atoms with Gasteiger partial charge in [-0.25, -0.2) is 4.39 Å². The van der Waals surface area contributed by atoms with Crippen molar-refractivity contribution in [3.63, 3.8) is 0 Å². The van der Waals surface area contributed by atoms with Crippen LogP contribution in [0.3, 0.4) is 0 Å². The Labute approximate surface area is 118 Å². The Morgan fingerprint density at radius 2 is 2.10 bits per heavy atom. The smallest absolute Gasteiger partial charge is 0.141 e. The summed E-state index contributed by atoms with van der Waals surface area (Å²) in [6.45, 7) is 2.05. The van der Waals surface area contributed by atoms with Gasteiger partial charge in [-0.15, -0.1) is 0 Å². The SMILES string of the molecule is COc1ccc(C)cc1NC1CCc2c(F)cccc21. The van der Waals surface area contributed by atoms with E-state index in [-0.39, 0.29) is 11.9 Å². The molecule has 0 aromatic heterocycles. The van der Waals surface area contributed by atoms with Gasteiger partial charge in [0.1, 0.15) is 11.6 Å². The van der Waals surface area contributed by atoms with Crippen LogP contribution in [0, 0.1) is 12.7 Å². The first-order valence-electron chi connectivity index (χ1n) is 6.87. The number of hydrogen-bond donors (Lipinski definition) is 1. The van der Waals surface area contributed by atoms with Crippen LogP contribution in [0.5, 0.6) is 5.75 Å². The van der Waals surface area contributed by atoms with E-state index in [1.54, 1.807) is 13.2 Å². The Morgan fingerprint density at radius 1 is 1.25 bits per heavy atom. The molecular formula is C17H18FNO. The van der Waals surface area contributed by atoms with Crippen molar-refractivity contribution in [2.45, 2.75) is 25.8 Å². The Morgan fingerprint density at radius 3 is 2.90 bits per heavy atom. The lowest BCUT2D eigenvalue weighted by molar-refractivity contribution is 0.416. The molecule has 0 saturated heterocycles. The first-order valence-corrected chi connectivity index (χ1v) is 6.87. The molecule has 20 heavy (non-hydrogen) atoms. The van der Waals surface area contributed by atoms with Crippen LogP contribution in [0.2, 0.25) is 0 Å². The second kappa shape index (κ2) is 5.16. The molecule has 0 spiro atoms. The second-order valence-corrected chi connectivity index (χ2v) is 5.25. The Hall–Kier alpha value is -2.03. The number of methoxy groups -OCH3 is 1. The van der Waals surface area contributed by atoms with Crippen LogP contribution >= 0.6 is 0 Å². The van der Waals surface area contributed by atoms with Gasteiger partial charge >= 0.3 is 0 Å². The van der Waals surface area contributed by atoms with Crippen LogP contribution in [-0.4, -0.2) is 7.11 Å². The maximum absolute atomic E-state index is 13.8. The minimum Gasteiger partial charge on any atom is -0.495 e. The van der Waals surface area contributed by atoms with Gasteiger partial charge in [0.2, 0.25) is 0 Å². The quantitative estimate of drug-likeness (QED) is 0.901. The largest absolute Gasteiger partial charge is 0.495 e. The second-order valence-electron chi connectivity index (χ2n) is 5.25. The van der Waals surface area contributed by atoms with Gasteiger partial charge < -0.3 is 10.1 Å². The number of ether oxygens (including phenoxy) is 1. The number of benzene rings is 2. The van der Waals surface area contributed by atoms with Crippen LogP contribution < -0.4 is 10.1 Å². The van der Waals surface area contributed by atoms with E-state index in [2.05, 4.69) is 11.4 Å². The number of hydrogen-bond acceptors (Lipinski definition) is 2. The monoisotopic (exact) mass is 271 g/mol. The fourth-order valence-electron chi connectivity index (χ4n) is 2.88. The van der Waals surface area contributed by atoms with Crippen LogP contribution in [0.4, 0.5) is 10.1 Å². The van der Waals surface area contributed by atoms with Gasteiger partial charge in [-0.2, -0.15) is 0 Å². The van der Waals surface area contributed by atoms with Crippen LogP contribution in [-0.2, 0) is 6.42 Å². The summed E-state index contributed by atoms with van der Waals surface area (Å²) in [7, 11) is 1.66. The van der Waals surface area contributed by atoms with Gasteiger partial charge in [-0.3, -0.25) is 0 Å². The van der Waals surface area contributed by atoms with Crippen LogP contribution in [0.15, 0.2) is 36.4 Å². The molecule has 0 fully saturated rings. The van der Waals surface area contributed by atoms with Crippen molar-refractivity contribution in [1.29, 1.82) is 0 Å². The van der Waals surface area contributed by atoms with Crippen molar-refractivity contribution >= 4 is 5.69 Å². The van der Waals surface area contributed by atoms with Gasteiger partial charge in [0, 0.05) is 0 Å². The third kappa shape index (κ3) is 2.24. The van der Waals surface area contributed by atoms with Crippen molar-refractivity contribution in [2.24, 2.45) is 0 Å². The first-order chi connectivity index (χ1) is 9.69. The highest BCUT2D eigenvalue weighted by Crippen LogP contribution is 2.37. The number of anilines is 1. The molecule has 3 rings (SSSR count). The van der Waals surface area contributed by atoms with E-state index in [9.17, 15) is 4.39 Å². The summed E-state index contributed by atoms with van der Waals surface area (Å²) in [4.78, 5) is 0. The number of halogens is 1. The molecule has 2 aromatic carbocycles. The predicted octanol–water partition coefficient (Wildman–Crippen LogP) is 4.24. The number of nitrogens with one attached hydrogen (secondary N) is 1. The zero-order valence-electron chi connectivity index (χ0n) is 11.7. The lowest BCUT2D eigenvalue weighted by Gasteiger charge is -2.18. The van der Waals surface area contributed by atoms with E-state index in [1.807, 2.05) is 25.1 Å². The predicted molar refractivity (Wildman–Crippen MR) is 78.8 cm³/mol. The third-order valence-corrected chi connectivity index (χ3v) is 3.90. The summed E-state index contributed by atoms with van der Waals surface area (Å²) in [5.74, 6) is 0.725. The molecule has 2 aromatic rings. The Bertz CT molecular complexity index is 639. The van der Waals surface area contributed by atoms with Gasteiger partial charge in [0.05, 0.1) is 18.8 Å². The van der Waals surface area contributed by atoms with Gasteiger partial charge in [-0.05, 0) is 54.7 Å². The molecule has 1 atom stereocenters. The van der Waals surface area contributed by atoms with Gasteiger partial charge in [-0.1, -0.05) is 18.2 Å². The average molecular weight is 271 g/mol. The molecule has 0 amide bonds. The Kier molecular flexibility index (Phi) is 3.35. The van der Waals surface area contributed by atoms with Crippen molar-refractivity contribution in [3.8, 4) is 5.75 Å². The molecular weight excluding hydrogens is 253 g/mol. The van der Waals surface area contributed by atoms with Crippen LogP contribution in [0.25, 0.3) is 0 Å². The minimum atomic E-state index is -0.0944. The van der Waals surface area contributed by atoms with E-state index in [0.717, 1.165) is 35.4 Å². The van der Waals surface area contributed by atoms with E-state index in [4.69, 9.17) is 4.74 Å². The van der Waals surface area contributed by atoms with Crippen LogP contribution in [0.1, 0.15) is 29.2 Å². The molecule has 104 valence electrons. The summed E-state index contributed by atoms with van der Waals surface area (Å²) in [6, 6.07) is 11.5. The molecule has 2 nitrogen and oxygen atoms in total. The number of rotatable bonds is 3. The summed E-state index contributed by atoms with van der Waals surface area (Å²) in [5, 5.41) is 3.49. The van der Waals surface area contributed by atoms with E-state index in [1.165, 1.54) is 11.6 Å². The average Bonchev–Trinajstić information content (AvgIpc) is 2.84.